The van der Waals surface area contributed by atoms with Gasteiger partial charge in [-0.15, -0.1) is 11.3 Å². The first-order chi connectivity index (χ1) is 14.1. The zero-order valence-electron chi connectivity index (χ0n) is 16.4. The van der Waals surface area contributed by atoms with Crippen molar-refractivity contribution in [2.75, 3.05) is 23.7 Å². The van der Waals surface area contributed by atoms with Crippen molar-refractivity contribution in [3.63, 3.8) is 0 Å². The van der Waals surface area contributed by atoms with Crippen LogP contribution in [0, 0.1) is 0 Å². The van der Waals surface area contributed by atoms with Gasteiger partial charge >= 0.3 is 0 Å². The van der Waals surface area contributed by atoms with E-state index in [1.54, 1.807) is 40.2 Å². The number of carbonyl (C=O) groups excluding carboxylic acids is 1. The Hall–Kier alpha value is -2.46. The number of carbonyl (C=O) groups is 1. The Labute approximate surface area is 177 Å². The van der Waals surface area contributed by atoms with E-state index >= 15 is 0 Å². The Kier molecular flexibility index (Phi) is 6.10. The molecule has 0 radical (unpaired) electrons. The minimum atomic E-state index is 0.0141. The molecule has 0 saturated carbocycles. The van der Waals surface area contributed by atoms with E-state index in [9.17, 15) is 4.79 Å². The molecule has 8 nitrogen and oxygen atoms in total. The van der Waals surface area contributed by atoms with Gasteiger partial charge in [0, 0.05) is 49.5 Å². The Balaban J connectivity index is 1.33. The number of rotatable bonds is 7. The molecule has 1 aliphatic heterocycles. The van der Waals surface area contributed by atoms with E-state index in [-0.39, 0.29) is 11.9 Å². The summed E-state index contributed by atoms with van der Waals surface area (Å²) in [5, 5.41) is 9.30. The molecule has 1 fully saturated rings. The van der Waals surface area contributed by atoms with E-state index in [4.69, 9.17) is 0 Å². The summed E-state index contributed by atoms with van der Waals surface area (Å²) in [5.41, 5.74) is 2.65. The van der Waals surface area contributed by atoms with Gasteiger partial charge in [-0.25, -0.2) is 15.0 Å². The SMILES string of the molecule is CCSc1nc(CC(=O)NC2CCN(c3nccc(-c4cnn(C)c4)n3)C2)cs1. The van der Waals surface area contributed by atoms with Crippen LogP contribution in [-0.2, 0) is 18.3 Å². The molecule has 0 aromatic carbocycles. The molecule has 3 aromatic rings. The van der Waals surface area contributed by atoms with Crippen molar-refractivity contribution in [2.45, 2.75) is 30.1 Å². The van der Waals surface area contributed by atoms with Gasteiger partial charge in [-0.1, -0.05) is 18.7 Å². The van der Waals surface area contributed by atoms with Gasteiger partial charge in [0.25, 0.3) is 0 Å². The summed E-state index contributed by atoms with van der Waals surface area (Å²) < 4.78 is 2.78. The van der Waals surface area contributed by atoms with E-state index in [0.29, 0.717) is 18.9 Å². The van der Waals surface area contributed by atoms with Gasteiger partial charge in [0.15, 0.2) is 0 Å². The van der Waals surface area contributed by atoms with Crippen molar-refractivity contribution in [3.8, 4) is 11.3 Å². The lowest BCUT2D eigenvalue weighted by Crippen LogP contribution is -2.38. The lowest BCUT2D eigenvalue weighted by molar-refractivity contribution is -0.121. The first kappa shape index (κ1) is 19.8. The summed E-state index contributed by atoms with van der Waals surface area (Å²) in [6.45, 7) is 3.62. The Bertz CT molecular complexity index is 986. The fourth-order valence-electron chi connectivity index (χ4n) is 3.28. The molecule has 0 aliphatic carbocycles. The number of aryl methyl sites for hydroxylation is 1. The van der Waals surface area contributed by atoms with E-state index in [2.05, 4.69) is 37.2 Å². The van der Waals surface area contributed by atoms with E-state index in [1.807, 2.05) is 24.7 Å². The number of aromatic nitrogens is 5. The monoisotopic (exact) mass is 429 g/mol. The van der Waals surface area contributed by atoms with Crippen molar-refractivity contribution in [1.29, 1.82) is 0 Å². The quantitative estimate of drug-likeness (QED) is 0.577. The molecule has 4 rings (SSSR count). The number of amides is 1. The van der Waals surface area contributed by atoms with Crippen molar-refractivity contribution in [1.82, 2.24) is 30.0 Å². The molecule has 1 saturated heterocycles. The highest BCUT2D eigenvalue weighted by molar-refractivity contribution is 8.00. The van der Waals surface area contributed by atoms with Gasteiger partial charge in [0.1, 0.15) is 4.34 Å². The van der Waals surface area contributed by atoms with Gasteiger partial charge in [-0.3, -0.25) is 9.48 Å². The smallest absolute Gasteiger partial charge is 0.226 e. The predicted molar refractivity (Wildman–Crippen MR) is 115 cm³/mol. The van der Waals surface area contributed by atoms with Crippen LogP contribution in [0.4, 0.5) is 5.95 Å². The molecule has 3 aromatic heterocycles. The average molecular weight is 430 g/mol. The summed E-state index contributed by atoms with van der Waals surface area (Å²) in [4.78, 5) is 28.1. The summed E-state index contributed by atoms with van der Waals surface area (Å²) in [6.07, 6.45) is 6.69. The highest BCUT2D eigenvalue weighted by atomic mass is 32.2. The lowest BCUT2D eigenvalue weighted by Gasteiger charge is -2.17. The molecular formula is C19H23N7OS2. The number of anilines is 1. The third-order valence-electron chi connectivity index (χ3n) is 4.62. The maximum absolute atomic E-state index is 12.4. The van der Waals surface area contributed by atoms with Crippen LogP contribution in [0.15, 0.2) is 34.4 Å². The minimum absolute atomic E-state index is 0.0141. The maximum atomic E-state index is 12.4. The van der Waals surface area contributed by atoms with Crippen molar-refractivity contribution in [2.24, 2.45) is 7.05 Å². The number of nitrogens with one attached hydrogen (secondary N) is 1. The molecule has 4 heterocycles. The van der Waals surface area contributed by atoms with Crippen LogP contribution in [0.2, 0.25) is 0 Å². The summed E-state index contributed by atoms with van der Waals surface area (Å²) >= 11 is 3.30. The van der Waals surface area contributed by atoms with E-state index in [0.717, 1.165) is 40.0 Å². The topological polar surface area (TPSA) is 88.8 Å². The molecule has 29 heavy (non-hydrogen) atoms. The molecule has 152 valence electrons. The van der Waals surface area contributed by atoms with Crippen LogP contribution in [0.1, 0.15) is 19.0 Å². The largest absolute Gasteiger partial charge is 0.351 e. The number of nitrogens with zero attached hydrogens (tertiary/aromatic N) is 6. The number of thiazole rings is 1. The second kappa shape index (κ2) is 8.91. The third kappa shape index (κ3) is 4.94. The normalized spacial score (nSPS) is 16.3. The first-order valence-electron chi connectivity index (χ1n) is 9.54. The standard InChI is InChI=1S/C19H23N7OS2/c1-3-28-19-23-15(12-29-19)8-17(27)22-14-5-7-26(11-14)18-20-6-4-16(24-18)13-9-21-25(2)10-13/h4,6,9-10,12,14H,3,5,7-8,11H2,1-2H3,(H,22,27). The molecule has 1 aliphatic rings. The van der Waals surface area contributed by atoms with Crippen LogP contribution in [-0.4, -0.2) is 55.5 Å². The van der Waals surface area contributed by atoms with Crippen LogP contribution < -0.4 is 10.2 Å². The van der Waals surface area contributed by atoms with Gasteiger partial charge < -0.3 is 10.2 Å². The minimum Gasteiger partial charge on any atom is -0.351 e. The van der Waals surface area contributed by atoms with Crippen LogP contribution in [0.5, 0.6) is 0 Å². The zero-order chi connectivity index (χ0) is 20.2. The van der Waals surface area contributed by atoms with Gasteiger partial charge in [-0.05, 0) is 18.2 Å². The highest BCUT2D eigenvalue weighted by Crippen LogP contribution is 2.23. The molecular weight excluding hydrogens is 406 g/mol. The Morgan fingerprint density at radius 2 is 2.31 bits per heavy atom. The van der Waals surface area contributed by atoms with Crippen molar-refractivity contribution < 1.29 is 4.79 Å². The second-order valence-electron chi connectivity index (χ2n) is 6.86. The van der Waals surface area contributed by atoms with Crippen LogP contribution in [0.25, 0.3) is 11.3 Å². The second-order valence-corrected chi connectivity index (χ2v) is 9.23. The first-order valence-corrected chi connectivity index (χ1v) is 11.4. The van der Waals surface area contributed by atoms with E-state index in [1.165, 1.54) is 0 Å². The molecule has 10 heteroatoms. The molecule has 1 N–H and O–H groups in total. The fraction of sp³-hybridized carbons (Fsp3) is 0.421. The molecule has 1 atom stereocenters. The van der Waals surface area contributed by atoms with Crippen molar-refractivity contribution >= 4 is 35.0 Å². The molecule has 1 unspecified atom stereocenters. The molecule has 0 spiro atoms. The Morgan fingerprint density at radius 1 is 1.41 bits per heavy atom. The number of thioether (sulfide) groups is 1. The fourth-order valence-corrected chi connectivity index (χ4v) is 5.02. The predicted octanol–water partition coefficient (Wildman–Crippen LogP) is 2.38. The van der Waals surface area contributed by atoms with E-state index < -0.39 is 0 Å². The van der Waals surface area contributed by atoms with Gasteiger partial charge in [0.2, 0.25) is 11.9 Å². The number of hydrogen-bond donors (Lipinski definition) is 1. The summed E-state index contributed by atoms with van der Waals surface area (Å²) in [7, 11) is 1.88. The molecule has 1 amide bonds. The maximum Gasteiger partial charge on any atom is 0.226 e. The molecule has 0 bridgehead atoms. The van der Waals surface area contributed by atoms with Gasteiger partial charge in [-0.2, -0.15) is 5.10 Å². The summed E-state index contributed by atoms with van der Waals surface area (Å²) in [5.74, 6) is 1.69. The third-order valence-corrected chi connectivity index (χ3v) is 6.57. The highest BCUT2D eigenvalue weighted by Gasteiger charge is 2.26. The Morgan fingerprint density at radius 3 is 3.10 bits per heavy atom. The number of hydrogen-bond acceptors (Lipinski definition) is 8. The van der Waals surface area contributed by atoms with Gasteiger partial charge in [0.05, 0.1) is 24.0 Å². The lowest BCUT2D eigenvalue weighted by atomic mass is 10.2. The average Bonchev–Trinajstić information content (AvgIpc) is 3.44. The van der Waals surface area contributed by atoms with Crippen molar-refractivity contribution in [3.05, 3.63) is 35.7 Å². The summed E-state index contributed by atoms with van der Waals surface area (Å²) in [6, 6.07) is 1.98. The zero-order valence-corrected chi connectivity index (χ0v) is 18.0. The van der Waals surface area contributed by atoms with Crippen LogP contribution >= 0.6 is 23.1 Å². The van der Waals surface area contributed by atoms with Crippen LogP contribution in [0.3, 0.4) is 0 Å².